The van der Waals surface area contributed by atoms with Gasteiger partial charge < -0.3 is 15.8 Å². The minimum atomic E-state index is -1.47. The van der Waals surface area contributed by atoms with E-state index in [1.54, 1.807) is 43.5 Å². The molecule has 0 aromatic heterocycles. The van der Waals surface area contributed by atoms with Crippen molar-refractivity contribution in [3.8, 4) is 5.75 Å². The molecule has 4 amide bonds. The van der Waals surface area contributed by atoms with E-state index in [1.807, 2.05) is 6.92 Å². The van der Waals surface area contributed by atoms with E-state index >= 15 is 0 Å². The normalized spacial score (nSPS) is 26.8. The van der Waals surface area contributed by atoms with Gasteiger partial charge in [-0.25, -0.2) is 0 Å². The van der Waals surface area contributed by atoms with E-state index in [9.17, 15) is 19.2 Å². The van der Waals surface area contributed by atoms with Crippen LogP contribution in [0.3, 0.4) is 0 Å². The van der Waals surface area contributed by atoms with Crippen LogP contribution in [0.5, 0.6) is 5.75 Å². The van der Waals surface area contributed by atoms with E-state index in [0.717, 1.165) is 11.1 Å². The number of hydrogen-bond donors (Lipinski definition) is 3. The molecule has 9 nitrogen and oxygen atoms in total. The molecule has 0 saturated carbocycles. The monoisotopic (exact) mass is 496 g/mol. The predicted octanol–water partition coefficient (Wildman–Crippen LogP) is 1.84. The third-order valence-electron chi connectivity index (χ3n) is 7.28. The standard InChI is InChI=1S/C25H25ClN4O5/c1-12-9-14(26)10-16-21(12)28-24(34)25(16)20-19(17(29-25)7-8-18(27)31)22(32)30(23(20)33)11-13-3-5-15(35-2)6-4-13/h3-6,9-10,17,19-20,29H,7-8,11H2,1-2H3,(H2,27,31)(H,28,34)/t17-,19+,20+,25-/m0/s1. The van der Waals surface area contributed by atoms with Crippen molar-refractivity contribution in [3.05, 3.63) is 58.1 Å². The fourth-order valence-electron chi connectivity index (χ4n) is 5.71. The molecule has 1 spiro atoms. The van der Waals surface area contributed by atoms with Gasteiger partial charge in [0.05, 0.1) is 25.5 Å². The van der Waals surface area contributed by atoms with Gasteiger partial charge in [0.15, 0.2) is 0 Å². The molecule has 4 atom stereocenters. The summed E-state index contributed by atoms with van der Waals surface area (Å²) < 4.78 is 5.18. The molecule has 2 saturated heterocycles. The number of amides is 4. The zero-order valence-corrected chi connectivity index (χ0v) is 20.0. The highest BCUT2D eigenvalue weighted by Crippen LogP contribution is 2.54. The number of anilines is 1. The molecular formula is C25H25ClN4O5. The Balaban J connectivity index is 1.58. The van der Waals surface area contributed by atoms with E-state index in [4.69, 9.17) is 22.1 Å². The molecule has 4 N–H and O–H groups in total. The van der Waals surface area contributed by atoms with E-state index in [1.165, 1.54) is 4.90 Å². The summed E-state index contributed by atoms with van der Waals surface area (Å²) in [6.45, 7) is 1.88. The molecule has 0 unspecified atom stereocenters. The van der Waals surface area contributed by atoms with Gasteiger partial charge in [-0.3, -0.25) is 29.4 Å². The van der Waals surface area contributed by atoms with Crippen molar-refractivity contribution in [2.45, 2.75) is 37.9 Å². The van der Waals surface area contributed by atoms with Crippen LogP contribution in [0, 0.1) is 18.8 Å². The first-order valence-electron chi connectivity index (χ1n) is 11.3. The number of benzene rings is 2. The van der Waals surface area contributed by atoms with Gasteiger partial charge >= 0.3 is 0 Å². The van der Waals surface area contributed by atoms with Crippen LogP contribution < -0.4 is 21.1 Å². The number of carbonyl (C=O) groups excluding carboxylic acids is 4. The van der Waals surface area contributed by atoms with Crippen molar-refractivity contribution in [2.75, 3.05) is 12.4 Å². The number of methoxy groups -OCH3 is 1. The van der Waals surface area contributed by atoms with Crippen LogP contribution in [0.4, 0.5) is 5.69 Å². The molecule has 3 heterocycles. The number of nitrogens with one attached hydrogen (secondary N) is 2. The number of aryl methyl sites for hydroxylation is 1. The maximum atomic E-state index is 13.8. The number of halogens is 1. The molecule has 3 aliphatic heterocycles. The Hall–Kier alpha value is -3.43. The summed E-state index contributed by atoms with van der Waals surface area (Å²) in [6.07, 6.45) is 0.232. The van der Waals surface area contributed by atoms with Crippen LogP contribution in [0.2, 0.25) is 5.02 Å². The Morgan fingerprint density at radius 1 is 1.17 bits per heavy atom. The molecule has 3 aliphatic rings. The minimum absolute atomic E-state index is 0.0139. The second-order valence-corrected chi connectivity index (χ2v) is 9.71. The molecule has 0 radical (unpaired) electrons. The lowest BCUT2D eigenvalue weighted by molar-refractivity contribution is -0.143. The summed E-state index contributed by atoms with van der Waals surface area (Å²) in [5.41, 5.74) is 6.52. The number of likely N-dealkylation sites (tertiary alicyclic amines) is 1. The zero-order valence-electron chi connectivity index (χ0n) is 19.3. The lowest BCUT2D eigenvalue weighted by Gasteiger charge is -2.29. The molecule has 182 valence electrons. The molecule has 2 aromatic rings. The van der Waals surface area contributed by atoms with Gasteiger partial charge in [0.25, 0.3) is 0 Å². The van der Waals surface area contributed by atoms with Gasteiger partial charge in [-0.1, -0.05) is 23.7 Å². The van der Waals surface area contributed by atoms with Crippen molar-refractivity contribution >= 4 is 40.9 Å². The number of carbonyl (C=O) groups is 4. The molecule has 2 aromatic carbocycles. The second kappa shape index (κ2) is 8.35. The molecule has 0 bridgehead atoms. The zero-order chi connectivity index (χ0) is 25.1. The average Bonchev–Trinajstić information content (AvgIpc) is 3.39. The number of imide groups is 1. The lowest BCUT2D eigenvalue weighted by atomic mass is 9.76. The van der Waals surface area contributed by atoms with Crippen LogP contribution in [0.15, 0.2) is 36.4 Å². The average molecular weight is 497 g/mol. The number of hydrogen-bond acceptors (Lipinski definition) is 6. The van der Waals surface area contributed by atoms with E-state index in [0.29, 0.717) is 22.0 Å². The Kier molecular flexibility index (Phi) is 5.56. The van der Waals surface area contributed by atoms with E-state index in [-0.39, 0.29) is 25.3 Å². The van der Waals surface area contributed by atoms with Gasteiger partial charge in [-0.2, -0.15) is 0 Å². The topological polar surface area (TPSA) is 131 Å². The van der Waals surface area contributed by atoms with E-state index in [2.05, 4.69) is 10.6 Å². The highest BCUT2D eigenvalue weighted by atomic mass is 35.5. The summed E-state index contributed by atoms with van der Waals surface area (Å²) in [4.78, 5) is 53.7. The van der Waals surface area contributed by atoms with Gasteiger partial charge in [-0.15, -0.1) is 0 Å². The fraction of sp³-hybridized carbons (Fsp3) is 0.360. The maximum Gasteiger partial charge on any atom is 0.250 e. The first-order chi connectivity index (χ1) is 16.7. The van der Waals surface area contributed by atoms with Crippen molar-refractivity contribution in [3.63, 3.8) is 0 Å². The summed E-state index contributed by atoms with van der Waals surface area (Å²) in [5.74, 6) is -2.90. The maximum absolute atomic E-state index is 13.8. The minimum Gasteiger partial charge on any atom is -0.497 e. The van der Waals surface area contributed by atoms with Gasteiger partial charge in [0.1, 0.15) is 11.3 Å². The largest absolute Gasteiger partial charge is 0.497 e. The number of fused-ring (bicyclic) bond motifs is 4. The molecular weight excluding hydrogens is 472 g/mol. The number of primary amides is 1. The quantitative estimate of drug-likeness (QED) is 0.523. The summed E-state index contributed by atoms with van der Waals surface area (Å²) in [6, 6.07) is 9.87. The van der Waals surface area contributed by atoms with Crippen LogP contribution in [0.1, 0.15) is 29.5 Å². The van der Waals surface area contributed by atoms with Crippen molar-refractivity contribution in [1.29, 1.82) is 0 Å². The highest BCUT2D eigenvalue weighted by molar-refractivity contribution is 6.31. The Morgan fingerprint density at radius 3 is 2.54 bits per heavy atom. The lowest BCUT2D eigenvalue weighted by Crippen LogP contribution is -2.53. The first kappa shape index (κ1) is 23.3. The predicted molar refractivity (Wildman–Crippen MR) is 127 cm³/mol. The van der Waals surface area contributed by atoms with E-state index < -0.39 is 41.1 Å². The summed E-state index contributed by atoms with van der Waals surface area (Å²) in [5, 5.41) is 6.59. The molecule has 2 fully saturated rings. The molecule has 10 heteroatoms. The van der Waals surface area contributed by atoms with Crippen LogP contribution in [0.25, 0.3) is 0 Å². The Bertz CT molecular complexity index is 1260. The Labute approximate surface area is 206 Å². The van der Waals surface area contributed by atoms with Gasteiger partial charge in [0.2, 0.25) is 23.6 Å². The highest BCUT2D eigenvalue weighted by Gasteiger charge is 2.70. The van der Waals surface area contributed by atoms with Crippen molar-refractivity contribution in [1.82, 2.24) is 10.2 Å². The smallest absolute Gasteiger partial charge is 0.250 e. The fourth-order valence-corrected chi connectivity index (χ4v) is 5.98. The number of nitrogens with two attached hydrogens (primary N) is 1. The van der Waals surface area contributed by atoms with Gasteiger partial charge in [-0.05, 0) is 48.7 Å². The summed E-state index contributed by atoms with van der Waals surface area (Å²) in [7, 11) is 1.56. The molecule has 5 rings (SSSR count). The molecule has 35 heavy (non-hydrogen) atoms. The van der Waals surface area contributed by atoms with Gasteiger partial charge in [0, 0.05) is 28.7 Å². The number of ether oxygens (including phenoxy) is 1. The number of rotatable bonds is 6. The first-order valence-corrected chi connectivity index (χ1v) is 11.7. The Morgan fingerprint density at radius 2 is 1.89 bits per heavy atom. The third-order valence-corrected chi connectivity index (χ3v) is 7.50. The van der Waals surface area contributed by atoms with Crippen molar-refractivity contribution < 1.29 is 23.9 Å². The summed E-state index contributed by atoms with van der Waals surface area (Å²) >= 11 is 6.35. The SMILES string of the molecule is COc1ccc(CN2C(=O)[C@@H]3[C@H](CCC(N)=O)N[C@]4(C(=O)Nc5c(C)cc(Cl)cc54)[C@H]3C2=O)cc1. The van der Waals surface area contributed by atoms with Crippen LogP contribution in [-0.2, 0) is 31.3 Å². The number of nitrogens with zero attached hydrogens (tertiary/aromatic N) is 1. The third kappa shape index (κ3) is 3.49. The molecule has 0 aliphatic carbocycles. The van der Waals surface area contributed by atoms with Crippen LogP contribution in [-0.4, -0.2) is 41.7 Å². The van der Waals surface area contributed by atoms with Crippen LogP contribution >= 0.6 is 11.6 Å². The van der Waals surface area contributed by atoms with Crippen molar-refractivity contribution in [2.24, 2.45) is 17.6 Å². The second-order valence-electron chi connectivity index (χ2n) is 9.28.